The fraction of sp³-hybridized carbons (Fsp3) is 0.333. The Morgan fingerprint density at radius 2 is 1.73 bits per heavy atom. The van der Waals surface area contributed by atoms with Crippen molar-refractivity contribution in [2.75, 3.05) is 29.1 Å². The van der Waals surface area contributed by atoms with Crippen molar-refractivity contribution in [2.45, 2.75) is 32.9 Å². The number of thioether (sulfide) groups is 1. The Kier molecular flexibility index (Phi) is 5.86. The van der Waals surface area contributed by atoms with Gasteiger partial charge in [0.1, 0.15) is 5.82 Å². The molecule has 0 fully saturated rings. The molecule has 0 aliphatic carbocycles. The van der Waals surface area contributed by atoms with Crippen LogP contribution >= 0.6 is 11.8 Å². The summed E-state index contributed by atoms with van der Waals surface area (Å²) in [5.41, 5.74) is 6.59. The van der Waals surface area contributed by atoms with E-state index in [1.165, 1.54) is 16.8 Å². The van der Waals surface area contributed by atoms with Gasteiger partial charge in [0.2, 0.25) is 5.91 Å². The molecule has 4 rings (SSSR count). The van der Waals surface area contributed by atoms with Gasteiger partial charge in [-0.25, -0.2) is 4.68 Å². The average molecular weight is 421 g/mol. The van der Waals surface area contributed by atoms with E-state index in [1.807, 2.05) is 23.7 Å². The Bertz CT molecular complexity index is 1040. The van der Waals surface area contributed by atoms with Gasteiger partial charge in [-0.15, -0.1) is 11.8 Å². The third-order valence-electron chi connectivity index (χ3n) is 5.61. The molecule has 0 saturated carbocycles. The fourth-order valence-electron chi connectivity index (χ4n) is 3.97. The lowest BCUT2D eigenvalue weighted by Crippen LogP contribution is -2.21. The summed E-state index contributed by atoms with van der Waals surface area (Å²) in [5, 5.41) is 7.96. The topological polar surface area (TPSA) is 50.2 Å². The molecule has 3 aromatic rings. The summed E-state index contributed by atoms with van der Waals surface area (Å²) in [4.78, 5) is 14.8. The maximum atomic E-state index is 12.5. The maximum Gasteiger partial charge on any atom is 0.235 e. The molecule has 1 N–H and O–H groups in total. The van der Waals surface area contributed by atoms with Gasteiger partial charge >= 0.3 is 0 Å². The molecule has 5 nitrogen and oxygen atoms in total. The highest BCUT2D eigenvalue weighted by Crippen LogP contribution is 2.44. The van der Waals surface area contributed by atoms with Gasteiger partial charge in [0.05, 0.1) is 22.4 Å². The van der Waals surface area contributed by atoms with Crippen LogP contribution in [0.4, 0.5) is 11.5 Å². The van der Waals surface area contributed by atoms with Gasteiger partial charge in [-0.2, -0.15) is 5.10 Å². The Labute approximate surface area is 182 Å². The van der Waals surface area contributed by atoms with Gasteiger partial charge in [0.25, 0.3) is 0 Å². The first kappa shape index (κ1) is 20.5. The number of benzene rings is 2. The predicted octanol–water partition coefficient (Wildman–Crippen LogP) is 5.11. The molecule has 1 aliphatic rings. The number of nitrogens with one attached hydrogen (secondary N) is 1. The number of hydrogen-bond acceptors (Lipinski definition) is 4. The lowest BCUT2D eigenvalue weighted by molar-refractivity contribution is -0.113. The molecule has 1 aliphatic heterocycles. The Hall–Kier alpha value is -2.73. The molecule has 2 heterocycles. The van der Waals surface area contributed by atoms with Gasteiger partial charge in [0, 0.05) is 24.3 Å². The van der Waals surface area contributed by atoms with Gasteiger partial charge < -0.3 is 10.2 Å². The second kappa shape index (κ2) is 8.56. The number of rotatable bonds is 5. The van der Waals surface area contributed by atoms with Crippen LogP contribution in [0.15, 0.2) is 48.5 Å². The van der Waals surface area contributed by atoms with Gasteiger partial charge in [-0.3, -0.25) is 4.79 Å². The van der Waals surface area contributed by atoms with Crippen molar-refractivity contribution < 1.29 is 4.79 Å². The first-order valence-corrected chi connectivity index (χ1v) is 11.5. The van der Waals surface area contributed by atoms with E-state index < -0.39 is 0 Å². The number of aryl methyl sites for hydroxylation is 2. The molecule has 6 heteroatoms. The van der Waals surface area contributed by atoms with Gasteiger partial charge in [0.15, 0.2) is 0 Å². The lowest BCUT2D eigenvalue weighted by Gasteiger charge is -2.22. The molecule has 0 unspecified atom stereocenters. The Morgan fingerprint density at radius 1 is 1.07 bits per heavy atom. The van der Waals surface area contributed by atoms with Crippen LogP contribution in [-0.4, -0.2) is 34.5 Å². The molecule has 0 radical (unpaired) electrons. The number of carbonyl (C=O) groups is 1. The zero-order valence-electron chi connectivity index (χ0n) is 18.0. The van der Waals surface area contributed by atoms with Gasteiger partial charge in [-0.1, -0.05) is 29.8 Å². The molecule has 0 spiro atoms. The second-order valence-corrected chi connectivity index (χ2v) is 8.69. The van der Waals surface area contributed by atoms with E-state index in [0.29, 0.717) is 5.75 Å². The summed E-state index contributed by atoms with van der Waals surface area (Å²) in [6.45, 7) is 10.4. The zero-order valence-corrected chi connectivity index (χ0v) is 18.8. The van der Waals surface area contributed by atoms with Crippen molar-refractivity contribution in [3.63, 3.8) is 0 Å². The van der Waals surface area contributed by atoms with E-state index in [2.05, 4.69) is 67.4 Å². The van der Waals surface area contributed by atoms with Crippen molar-refractivity contribution in [2.24, 2.45) is 0 Å². The number of fused-ring (bicyclic) bond motifs is 1. The summed E-state index contributed by atoms with van der Waals surface area (Å²) in [7, 11) is 0. The average Bonchev–Trinajstić information content (AvgIpc) is 2.95. The normalized spacial score (nSPS) is 16.0. The number of carbonyl (C=O) groups excluding carboxylic acids is 1. The fourth-order valence-corrected chi connectivity index (χ4v) is 5.16. The minimum Gasteiger partial charge on any atom is -0.372 e. The summed E-state index contributed by atoms with van der Waals surface area (Å²) in [5.74, 6) is 1.21. The SMILES string of the molecule is CCN(CC)c1ccc([C@H]2SCC(=O)Nc3c2c(C)nn3-c2ccc(C)cc2)cc1. The van der Waals surface area contributed by atoms with Crippen LogP contribution < -0.4 is 10.2 Å². The maximum absolute atomic E-state index is 12.5. The predicted molar refractivity (Wildman–Crippen MR) is 126 cm³/mol. The number of anilines is 2. The quantitative estimate of drug-likeness (QED) is 0.623. The highest BCUT2D eigenvalue weighted by molar-refractivity contribution is 8.00. The monoisotopic (exact) mass is 420 g/mol. The Morgan fingerprint density at radius 3 is 2.37 bits per heavy atom. The smallest absolute Gasteiger partial charge is 0.235 e. The van der Waals surface area contributed by atoms with E-state index in [4.69, 9.17) is 5.10 Å². The van der Waals surface area contributed by atoms with E-state index in [9.17, 15) is 4.79 Å². The van der Waals surface area contributed by atoms with Crippen LogP contribution in [0.25, 0.3) is 5.69 Å². The zero-order chi connectivity index (χ0) is 21.3. The van der Waals surface area contributed by atoms with E-state index in [1.54, 1.807) is 11.8 Å². The summed E-state index contributed by atoms with van der Waals surface area (Å²) in [6, 6.07) is 17.0. The minimum absolute atomic E-state index is 0.0109. The van der Waals surface area contributed by atoms with Crippen molar-refractivity contribution in [3.05, 3.63) is 70.9 Å². The minimum atomic E-state index is 0.0109. The van der Waals surface area contributed by atoms with Crippen LogP contribution in [0.5, 0.6) is 0 Å². The standard InChI is InChI=1S/C24H28N4OS/c1-5-27(6-2)19-13-9-18(10-14-19)23-22-17(4)26-28(20-11-7-16(3)8-12-20)24(22)25-21(29)15-30-23/h7-14,23H,5-6,15H2,1-4H3,(H,25,29)/t23-/m1/s1. The number of nitrogens with zero attached hydrogens (tertiary/aromatic N) is 3. The molecule has 30 heavy (non-hydrogen) atoms. The number of hydrogen-bond donors (Lipinski definition) is 1. The van der Waals surface area contributed by atoms with Crippen molar-refractivity contribution in [3.8, 4) is 5.69 Å². The van der Waals surface area contributed by atoms with E-state index >= 15 is 0 Å². The van der Waals surface area contributed by atoms with Crippen LogP contribution in [0.3, 0.4) is 0 Å². The van der Waals surface area contributed by atoms with Gasteiger partial charge in [-0.05, 0) is 57.5 Å². The molecule has 0 saturated heterocycles. The largest absolute Gasteiger partial charge is 0.372 e. The molecule has 2 aromatic carbocycles. The number of amides is 1. The summed E-state index contributed by atoms with van der Waals surface area (Å²) >= 11 is 1.66. The molecule has 1 atom stereocenters. The summed E-state index contributed by atoms with van der Waals surface area (Å²) < 4.78 is 1.87. The number of aromatic nitrogens is 2. The first-order chi connectivity index (χ1) is 14.5. The highest BCUT2D eigenvalue weighted by atomic mass is 32.2. The van der Waals surface area contributed by atoms with Crippen LogP contribution in [0.2, 0.25) is 0 Å². The molecular weight excluding hydrogens is 392 g/mol. The molecule has 1 aromatic heterocycles. The molecule has 156 valence electrons. The van der Waals surface area contributed by atoms with Crippen molar-refractivity contribution in [1.82, 2.24) is 9.78 Å². The van der Waals surface area contributed by atoms with Crippen LogP contribution in [0.1, 0.15) is 41.5 Å². The Balaban J connectivity index is 1.77. The molecule has 1 amide bonds. The van der Waals surface area contributed by atoms with Crippen molar-refractivity contribution >= 4 is 29.2 Å². The van der Waals surface area contributed by atoms with E-state index in [0.717, 1.165) is 35.9 Å². The molecule has 0 bridgehead atoms. The first-order valence-electron chi connectivity index (χ1n) is 10.4. The van der Waals surface area contributed by atoms with E-state index in [-0.39, 0.29) is 11.2 Å². The van der Waals surface area contributed by atoms with Crippen LogP contribution in [-0.2, 0) is 4.79 Å². The lowest BCUT2D eigenvalue weighted by atomic mass is 10.0. The second-order valence-electron chi connectivity index (χ2n) is 7.60. The summed E-state index contributed by atoms with van der Waals surface area (Å²) in [6.07, 6.45) is 0. The van der Waals surface area contributed by atoms with Crippen molar-refractivity contribution in [1.29, 1.82) is 0 Å². The third-order valence-corrected chi connectivity index (χ3v) is 6.88. The highest BCUT2D eigenvalue weighted by Gasteiger charge is 2.30. The molecular formula is C24H28N4OS. The van der Waals surface area contributed by atoms with Crippen LogP contribution in [0, 0.1) is 13.8 Å². The third kappa shape index (κ3) is 3.84.